The maximum atomic E-state index is 12.2. The highest BCUT2D eigenvalue weighted by molar-refractivity contribution is 7.92. The number of sulfone groups is 1. The van der Waals surface area contributed by atoms with E-state index in [9.17, 15) is 16.8 Å². The first kappa shape index (κ1) is 16.3. The molecule has 2 rings (SSSR count). The number of nitrogens with one attached hydrogen (secondary N) is 1. The van der Waals surface area contributed by atoms with Crippen LogP contribution in [0.2, 0.25) is 0 Å². The van der Waals surface area contributed by atoms with Gasteiger partial charge in [0, 0.05) is 12.1 Å². The summed E-state index contributed by atoms with van der Waals surface area (Å²) in [6, 6.07) is 5.93. The van der Waals surface area contributed by atoms with Crippen molar-refractivity contribution in [2.45, 2.75) is 23.0 Å². The molecule has 1 aliphatic heterocycles. The fourth-order valence-corrected chi connectivity index (χ4v) is 5.31. The lowest BCUT2D eigenvalue weighted by atomic mass is 10.2. The van der Waals surface area contributed by atoms with Crippen molar-refractivity contribution in [3.8, 4) is 0 Å². The smallest absolute Gasteiger partial charge is 0.240 e. The van der Waals surface area contributed by atoms with Gasteiger partial charge in [-0.3, -0.25) is 0 Å². The first-order valence-corrected chi connectivity index (χ1v) is 9.94. The fraction of sp³-hybridized carbons (Fsp3) is 0.417. The third kappa shape index (κ3) is 3.79. The van der Waals surface area contributed by atoms with E-state index < -0.39 is 25.1 Å². The maximum absolute atomic E-state index is 12.2. The van der Waals surface area contributed by atoms with Crippen molar-refractivity contribution in [3.63, 3.8) is 0 Å². The molecule has 1 aromatic carbocycles. The molecule has 1 aromatic rings. The topological polar surface area (TPSA) is 106 Å². The van der Waals surface area contributed by atoms with Gasteiger partial charge in [-0.25, -0.2) is 21.6 Å². The molecule has 1 fully saturated rings. The van der Waals surface area contributed by atoms with E-state index in [0.29, 0.717) is 18.4 Å². The average molecular weight is 348 g/mol. The zero-order valence-corrected chi connectivity index (χ0v) is 13.6. The highest BCUT2D eigenvalue weighted by atomic mass is 32.2. The molecular formula is C12H16N2O4S3. The Labute approximate surface area is 129 Å². The summed E-state index contributed by atoms with van der Waals surface area (Å²) in [4.78, 5) is 0.119. The zero-order valence-electron chi connectivity index (χ0n) is 11.2. The zero-order chi connectivity index (χ0) is 15.7. The lowest BCUT2D eigenvalue weighted by Crippen LogP contribution is -2.34. The van der Waals surface area contributed by atoms with Crippen molar-refractivity contribution in [2.24, 2.45) is 5.73 Å². The molecule has 1 unspecified atom stereocenters. The van der Waals surface area contributed by atoms with E-state index in [-0.39, 0.29) is 22.2 Å². The van der Waals surface area contributed by atoms with E-state index in [0.717, 1.165) is 0 Å². The molecule has 9 heteroatoms. The standard InChI is InChI=1S/C12H16N2O4S3/c13-12(19)9-3-1-4-10(7-9)21(17,18)14-8-11-5-2-6-20(11,15)16/h1,3-4,7,11,14H,2,5-6,8H2,(H2,13,19). The molecule has 1 aliphatic rings. The van der Waals surface area contributed by atoms with E-state index in [1.807, 2.05) is 0 Å². The number of hydrogen-bond acceptors (Lipinski definition) is 5. The van der Waals surface area contributed by atoms with Gasteiger partial charge in [0.1, 0.15) is 4.99 Å². The Bertz CT molecular complexity index is 756. The van der Waals surface area contributed by atoms with Gasteiger partial charge in [0.25, 0.3) is 0 Å². The number of hydrogen-bond donors (Lipinski definition) is 2. The van der Waals surface area contributed by atoms with Crippen LogP contribution >= 0.6 is 12.2 Å². The Morgan fingerprint density at radius 3 is 2.71 bits per heavy atom. The minimum atomic E-state index is -3.78. The van der Waals surface area contributed by atoms with Crippen LogP contribution in [0.15, 0.2) is 29.2 Å². The Kier molecular flexibility index (Phi) is 4.66. The predicted octanol–water partition coefficient (Wildman–Crippen LogP) is 0.176. The van der Waals surface area contributed by atoms with Gasteiger partial charge in [-0.15, -0.1) is 0 Å². The first-order valence-electron chi connectivity index (χ1n) is 6.33. The van der Waals surface area contributed by atoms with Gasteiger partial charge < -0.3 is 5.73 Å². The van der Waals surface area contributed by atoms with E-state index in [4.69, 9.17) is 18.0 Å². The molecule has 0 amide bonds. The van der Waals surface area contributed by atoms with Crippen LogP contribution in [0.4, 0.5) is 0 Å². The molecule has 1 atom stereocenters. The van der Waals surface area contributed by atoms with E-state index >= 15 is 0 Å². The Morgan fingerprint density at radius 2 is 2.14 bits per heavy atom. The average Bonchev–Trinajstić information content (AvgIpc) is 2.75. The molecule has 6 nitrogen and oxygen atoms in total. The Balaban J connectivity index is 2.15. The van der Waals surface area contributed by atoms with E-state index in [2.05, 4.69) is 4.72 Å². The minimum Gasteiger partial charge on any atom is -0.389 e. The van der Waals surface area contributed by atoms with E-state index in [1.54, 1.807) is 6.07 Å². The van der Waals surface area contributed by atoms with Gasteiger partial charge in [0.2, 0.25) is 10.0 Å². The molecule has 3 N–H and O–H groups in total. The minimum absolute atomic E-state index is 0.0168. The van der Waals surface area contributed by atoms with Gasteiger partial charge in [-0.2, -0.15) is 0 Å². The maximum Gasteiger partial charge on any atom is 0.240 e. The lowest BCUT2D eigenvalue weighted by molar-refractivity contribution is 0.571. The number of sulfonamides is 1. The summed E-state index contributed by atoms with van der Waals surface area (Å²) in [5.41, 5.74) is 5.92. The van der Waals surface area contributed by atoms with Crippen molar-refractivity contribution in [2.75, 3.05) is 12.3 Å². The highest BCUT2D eigenvalue weighted by Gasteiger charge is 2.32. The monoisotopic (exact) mass is 348 g/mol. The largest absolute Gasteiger partial charge is 0.389 e. The molecule has 1 saturated heterocycles. The number of nitrogens with two attached hydrogens (primary N) is 1. The predicted molar refractivity (Wildman–Crippen MR) is 84.3 cm³/mol. The summed E-state index contributed by atoms with van der Waals surface area (Å²) in [5.74, 6) is 0.121. The van der Waals surface area contributed by atoms with Crippen LogP contribution in [-0.2, 0) is 19.9 Å². The molecule has 0 radical (unpaired) electrons. The second kappa shape index (κ2) is 5.99. The van der Waals surface area contributed by atoms with Crippen LogP contribution in [0, 0.1) is 0 Å². The van der Waals surface area contributed by atoms with Crippen LogP contribution in [0.25, 0.3) is 0 Å². The summed E-state index contributed by atoms with van der Waals surface area (Å²) >= 11 is 4.81. The molecule has 1 heterocycles. The molecule has 0 aliphatic carbocycles. The summed E-state index contributed by atoms with van der Waals surface area (Å²) in [7, 11) is -6.96. The molecule has 0 bridgehead atoms. The van der Waals surface area contributed by atoms with Gasteiger partial charge >= 0.3 is 0 Å². The van der Waals surface area contributed by atoms with Gasteiger partial charge in [-0.1, -0.05) is 24.4 Å². The van der Waals surface area contributed by atoms with Crippen LogP contribution in [0.1, 0.15) is 18.4 Å². The van der Waals surface area contributed by atoms with Crippen molar-refractivity contribution < 1.29 is 16.8 Å². The third-order valence-electron chi connectivity index (χ3n) is 3.39. The second-order valence-corrected chi connectivity index (χ2v) is 9.48. The molecule has 0 aromatic heterocycles. The van der Waals surface area contributed by atoms with Gasteiger partial charge in [0.05, 0.1) is 15.9 Å². The van der Waals surface area contributed by atoms with Crippen LogP contribution in [0.5, 0.6) is 0 Å². The van der Waals surface area contributed by atoms with Gasteiger partial charge in [0.15, 0.2) is 9.84 Å². The summed E-state index contributed by atoms with van der Waals surface area (Å²) < 4.78 is 50.1. The van der Waals surface area contributed by atoms with Crippen LogP contribution in [0.3, 0.4) is 0 Å². The Morgan fingerprint density at radius 1 is 1.43 bits per heavy atom. The normalized spacial score (nSPS) is 21.2. The summed E-state index contributed by atoms with van der Waals surface area (Å²) in [6.07, 6.45) is 1.06. The summed E-state index contributed by atoms with van der Waals surface area (Å²) in [5, 5.41) is -0.647. The second-order valence-electron chi connectivity index (χ2n) is 4.88. The molecule has 116 valence electrons. The van der Waals surface area contributed by atoms with Crippen molar-refractivity contribution in [3.05, 3.63) is 29.8 Å². The fourth-order valence-electron chi connectivity index (χ4n) is 2.19. The van der Waals surface area contributed by atoms with Crippen molar-refractivity contribution >= 4 is 37.1 Å². The summed E-state index contributed by atoms with van der Waals surface area (Å²) in [6.45, 7) is -0.109. The molecule has 0 spiro atoms. The molecule has 21 heavy (non-hydrogen) atoms. The molecule has 0 saturated carbocycles. The van der Waals surface area contributed by atoms with Crippen molar-refractivity contribution in [1.29, 1.82) is 0 Å². The van der Waals surface area contributed by atoms with Gasteiger partial charge in [-0.05, 0) is 25.0 Å². The number of thiocarbonyl (C=S) groups is 1. The Hall–Kier alpha value is -1.03. The molecular weight excluding hydrogens is 332 g/mol. The van der Waals surface area contributed by atoms with Crippen LogP contribution < -0.4 is 10.5 Å². The lowest BCUT2D eigenvalue weighted by Gasteiger charge is -2.12. The van der Waals surface area contributed by atoms with Crippen LogP contribution in [-0.4, -0.2) is 39.4 Å². The highest BCUT2D eigenvalue weighted by Crippen LogP contribution is 2.20. The SMILES string of the molecule is NC(=S)c1cccc(S(=O)(=O)NCC2CCCS2(=O)=O)c1. The first-order chi connectivity index (χ1) is 9.72. The number of rotatable bonds is 5. The van der Waals surface area contributed by atoms with Crippen molar-refractivity contribution in [1.82, 2.24) is 4.72 Å². The third-order valence-corrected chi connectivity index (χ3v) is 7.33. The number of benzene rings is 1. The quantitative estimate of drug-likeness (QED) is 0.735. The van der Waals surface area contributed by atoms with E-state index in [1.165, 1.54) is 18.2 Å².